The summed E-state index contributed by atoms with van der Waals surface area (Å²) >= 11 is 0. The summed E-state index contributed by atoms with van der Waals surface area (Å²) in [6.45, 7) is 2.63. The molecule has 1 nitrogen and oxygen atoms in total. The first kappa shape index (κ1) is 5.59. The average Bonchev–Trinajstić information content (AvgIpc) is 2.23. The van der Waals surface area contributed by atoms with Crippen LogP contribution in [0.5, 0.6) is 0 Å². The Labute approximate surface area is 62.2 Å². The molecule has 1 saturated heterocycles. The van der Waals surface area contributed by atoms with Gasteiger partial charge in [-0.1, -0.05) is 6.42 Å². The standard InChI is InChI=1S/C9H15N/c1-2-8(3-1)6-9(8)4-5-10-7-9/h10H,1-7H2. The lowest BCUT2D eigenvalue weighted by Gasteiger charge is -2.30. The highest BCUT2D eigenvalue weighted by atomic mass is 15.0. The lowest BCUT2D eigenvalue weighted by Crippen LogP contribution is -2.23. The molecule has 3 fully saturated rings. The number of rotatable bonds is 0. The van der Waals surface area contributed by atoms with Crippen molar-refractivity contribution in [1.29, 1.82) is 0 Å². The minimum absolute atomic E-state index is 0.825. The predicted octanol–water partition coefficient (Wildman–Crippen LogP) is 1.54. The number of hydrogen-bond donors (Lipinski definition) is 1. The van der Waals surface area contributed by atoms with Crippen molar-refractivity contribution >= 4 is 0 Å². The summed E-state index contributed by atoms with van der Waals surface area (Å²) in [6.07, 6.45) is 7.66. The zero-order chi connectivity index (χ0) is 6.66. The number of hydrogen-bond acceptors (Lipinski definition) is 1. The van der Waals surface area contributed by atoms with E-state index in [-0.39, 0.29) is 0 Å². The lowest BCUT2D eigenvalue weighted by atomic mass is 9.75. The van der Waals surface area contributed by atoms with Crippen LogP contribution >= 0.6 is 0 Å². The van der Waals surface area contributed by atoms with E-state index < -0.39 is 0 Å². The van der Waals surface area contributed by atoms with Crippen molar-refractivity contribution in [2.75, 3.05) is 13.1 Å². The van der Waals surface area contributed by atoms with E-state index in [1.807, 2.05) is 0 Å². The molecule has 1 atom stereocenters. The second kappa shape index (κ2) is 1.42. The summed E-state index contributed by atoms with van der Waals surface area (Å²) < 4.78 is 0. The minimum Gasteiger partial charge on any atom is -0.316 e. The highest BCUT2D eigenvalue weighted by Crippen LogP contribution is 2.75. The van der Waals surface area contributed by atoms with E-state index in [4.69, 9.17) is 0 Å². The quantitative estimate of drug-likeness (QED) is 0.534. The predicted molar refractivity (Wildman–Crippen MR) is 40.8 cm³/mol. The maximum Gasteiger partial charge on any atom is 0.00138 e. The Morgan fingerprint density at radius 1 is 1.00 bits per heavy atom. The van der Waals surface area contributed by atoms with Crippen LogP contribution in [0.3, 0.4) is 0 Å². The zero-order valence-electron chi connectivity index (χ0n) is 6.45. The molecule has 3 aliphatic rings. The van der Waals surface area contributed by atoms with Crippen molar-refractivity contribution in [1.82, 2.24) is 5.32 Å². The summed E-state index contributed by atoms with van der Waals surface area (Å²) in [6, 6.07) is 0. The van der Waals surface area contributed by atoms with Gasteiger partial charge in [0.2, 0.25) is 0 Å². The topological polar surface area (TPSA) is 12.0 Å². The van der Waals surface area contributed by atoms with Crippen molar-refractivity contribution in [3.05, 3.63) is 0 Å². The van der Waals surface area contributed by atoms with E-state index >= 15 is 0 Å². The molecule has 0 radical (unpaired) electrons. The first-order valence-corrected chi connectivity index (χ1v) is 4.58. The van der Waals surface area contributed by atoms with Gasteiger partial charge in [0, 0.05) is 6.54 Å². The van der Waals surface area contributed by atoms with Gasteiger partial charge in [0.1, 0.15) is 0 Å². The third kappa shape index (κ3) is 0.430. The molecule has 10 heavy (non-hydrogen) atoms. The SMILES string of the molecule is C1CC2(C1)CC21CCNC1. The average molecular weight is 137 g/mol. The Balaban J connectivity index is 1.84. The zero-order valence-corrected chi connectivity index (χ0v) is 6.45. The molecule has 0 aromatic carbocycles. The summed E-state index contributed by atoms with van der Waals surface area (Å²) in [5.74, 6) is 0. The first-order valence-electron chi connectivity index (χ1n) is 4.58. The summed E-state index contributed by atoms with van der Waals surface area (Å²) in [7, 11) is 0. The van der Waals surface area contributed by atoms with Gasteiger partial charge in [0.25, 0.3) is 0 Å². The highest BCUT2D eigenvalue weighted by Gasteiger charge is 2.69. The van der Waals surface area contributed by atoms with Gasteiger partial charge in [-0.15, -0.1) is 0 Å². The monoisotopic (exact) mass is 137 g/mol. The van der Waals surface area contributed by atoms with Gasteiger partial charge >= 0.3 is 0 Å². The molecule has 1 unspecified atom stereocenters. The first-order chi connectivity index (χ1) is 4.87. The van der Waals surface area contributed by atoms with Gasteiger partial charge in [-0.3, -0.25) is 0 Å². The van der Waals surface area contributed by atoms with Gasteiger partial charge in [-0.05, 0) is 43.1 Å². The highest BCUT2D eigenvalue weighted by molar-refractivity contribution is 5.20. The third-order valence-corrected chi connectivity index (χ3v) is 4.23. The molecule has 0 amide bonds. The fraction of sp³-hybridized carbons (Fsp3) is 1.00. The maximum absolute atomic E-state index is 3.50. The molecule has 0 bridgehead atoms. The molecular weight excluding hydrogens is 122 g/mol. The second-order valence-corrected chi connectivity index (χ2v) is 4.52. The Bertz CT molecular complexity index is 164. The lowest BCUT2D eigenvalue weighted by molar-refractivity contribution is 0.211. The van der Waals surface area contributed by atoms with Crippen LogP contribution in [0.25, 0.3) is 0 Å². The van der Waals surface area contributed by atoms with Crippen molar-refractivity contribution < 1.29 is 0 Å². The minimum atomic E-state index is 0.825. The van der Waals surface area contributed by atoms with Gasteiger partial charge in [-0.25, -0.2) is 0 Å². The van der Waals surface area contributed by atoms with E-state index in [2.05, 4.69) is 5.32 Å². The molecule has 1 heteroatoms. The van der Waals surface area contributed by atoms with Crippen LogP contribution in [0, 0.1) is 10.8 Å². The molecular formula is C9H15N. The molecule has 3 rings (SSSR count). The van der Waals surface area contributed by atoms with Crippen LogP contribution in [0.1, 0.15) is 32.1 Å². The molecule has 2 spiro atoms. The molecule has 0 aromatic heterocycles. The van der Waals surface area contributed by atoms with E-state index in [0.29, 0.717) is 0 Å². The van der Waals surface area contributed by atoms with E-state index in [9.17, 15) is 0 Å². The van der Waals surface area contributed by atoms with Crippen molar-refractivity contribution in [3.8, 4) is 0 Å². The van der Waals surface area contributed by atoms with E-state index in [0.717, 1.165) is 10.8 Å². The maximum atomic E-state index is 3.50. The molecule has 1 aliphatic heterocycles. The smallest absolute Gasteiger partial charge is 0.00138 e. The number of fused-ring (bicyclic) bond motifs is 1. The fourth-order valence-corrected chi connectivity index (χ4v) is 3.26. The second-order valence-electron chi connectivity index (χ2n) is 4.52. The fourth-order valence-electron chi connectivity index (χ4n) is 3.26. The molecule has 0 aromatic rings. The Hall–Kier alpha value is -0.0400. The van der Waals surface area contributed by atoms with Crippen LogP contribution in [0.2, 0.25) is 0 Å². The number of nitrogens with one attached hydrogen (secondary N) is 1. The Morgan fingerprint density at radius 2 is 1.90 bits per heavy atom. The van der Waals surface area contributed by atoms with Crippen molar-refractivity contribution in [2.24, 2.45) is 10.8 Å². The molecule has 56 valence electrons. The van der Waals surface area contributed by atoms with Gasteiger partial charge in [0.05, 0.1) is 0 Å². The van der Waals surface area contributed by atoms with Crippen LogP contribution < -0.4 is 5.32 Å². The van der Waals surface area contributed by atoms with Crippen molar-refractivity contribution in [2.45, 2.75) is 32.1 Å². The van der Waals surface area contributed by atoms with Crippen molar-refractivity contribution in [3.63, 3.8) is 0 Å². The van der Waals surface area contributed by atoms with Crippen LogP contribution in [-0.2, 0) is 0 Å². The molecule has 2 saturated carbocycles. The van der Waals surface area contributed by atoms with Gasteiger partial charge in [-0.2, -0.15) is 0 Å². The molecule has 1 N–H and O–H groups in total. The Kier molecular flexibility index (Phi) is 0.797. The summed E-state index contributed by atoms with van der Waals surface area (Å²) in [4.78, 5) is 0. The normalized spacial score (nSPS) is 48.0. The summed E-state index contributed by atoms with van der Waals surface area (Å²) in [5, 5.41) is 3.50. The van der Waals surface area contributed by atoms with E-state index in [1.165, 1.54) is 25.9 Å². The van der Waals surface area contributed by atoms with Gasteiger partial charge in [0.15, 0.2) is 0 Å². The van der Waals surface area contributed by atoms with Crippen LogP contribution in [0.15, 0.2) is 0 Å². The summed E-state index contributed by atoms with van der Waals surface area (Å²) in [5.41, 5.74) is 1.71. The van der Waals surface area contributed by atoms with E-state index in [1.54, 1.807) is 19.3 Å². The van der Waals surface area contributed by atoms with Crippen LogP contribution in [-0.4, -0.2) is 13.1 Å². The molecule has 2 aliphatic carbocycles. The Morgan fingerprint density at radius 3 is 2.30 bits per heavy atom. The third-order valence-electron chi connectivity index (χ3n) is 4.23. The molecule has 1 heterocycles. The largest absolute Gasteiger partial charge is 0.316 e. The van der Waals surface area contributed by atoms with Crippen LogP contribution in [0.4, 0.5) is 0 Å². The van der Waals surface area contributed by atoms with Gasteiger partial charge < -0.3 is 5.32 Å².